The summed E-state index contributed by atoms with van der Waals surface area (Å²) in [7, 11) is 0. The number of carbonyl (C=O) groups is 1. The molecule has 0 aliphatic heterocycles. The molecular formula is C18H11Br2N3O5. The number of phenolic OH excluding ortho intramolecular Hbond substituents is 1. The zero-order valence-electron chi connectivity index (χ0n) is 13.9. The zero-order valence-corrected chi connectivity index (χ0v) is 17.1. The molecule has 0 fully saturated rings. The van der Waals surface area contributed by atoms with Gasteiger partial charge in [0.25, 0.3) is 11.6 Å². The molecule has 10 heteroatoms. The Hall–Kier alpha value is -2.98. The van der Waals surface area contributed by atoms with E-state index in [-0.39, 0.29) is 17.0 Å². The predicted molar refractivity (Wildman–Crippen MR) is 109 cm³/mol. The van der Waals surface area contributed by atoms with Gasteiger partial charge in [0.15, 0.2) is 0 Å². The van der Waals surface area contributed by atoms with Crippen LogP contribution in [0, 0.1) is 10.1 Å². The molecule has 1 heterocycles. The molecule has 0 saturated heterocycles. The van der Waals surface area contributed by atoms with Crippen LogP contribution in [0.15, 0.2) is 67.0 Å². The van der Waals surface area contributed by atoms with Crippen LogP contribution in [0.2, 0.25) is 0 Å². The summed E-state index contributed by atoms with van der Waals surface area (Å²) in [5.41, 5.74) is 2.83. The van der Waals surface area contributed by atoms with Crippen molar-refractivity contribution in [2.75, 3.05) is 0 Å². The first-order valence-electron chi connectivity index (χ1n) is 7.71. The fourth-order valence-electron chi connectivity index (χ4n) is 2.30. The number of furan rings is 1. The number of hydrazone groups is 1. The van der Waals surface area contributed by atoms with Gasteiger partial charge in [-0.1, -0.05) is 28.1 Å². The molecule has 28 heavy (non-hydrogen) atoms. The van der Waals surface area contributed by atoms with Crippen LogP contribution in [0.4, 0.5) is 5.69 Å². The Morgan fingerprint density at radius 3 is 2.75 bits per heavy atom. The molecule has 0 unspecified atom stereocenters. The Labute approximate surface area is 175 Å². The Balaban J connectivity index is 1.72. The molecule has 3 rings (SSSR count). The second-order valence-corrected chi connectivity index (χ2v) is 7.26. The largest absolute Gasteiger partial charge is 0.506 e. The number of carbonyl (C=O) groups excluding carboxylic acids is 1. The Morgan fingerprint density at radius 1 is 1.21 bits per heavy atom. The van der Waals surface area contributed by atoms with Crippen LogP contribution in [-0.2, 0) is 0 Å². The second kappa shape index (κ2) is 8.36. The number of amides is 1. The highest BCUT2D eigenvalue weighted by Gasteiger charge is 2.14. The van der Waals surface area contributed by atoms with Crippen LogP contribution in [0.1, 0.15) is 16.1 Å². The minimum absolute atomic E-state index is 0.0372. The lowest BCUT2D eigenvalue weighted by atomic mass is 10.1. The van der Waals surface area contributed by atoms with Gasteiger partial charge in [-0.2, -0.15) is 5.10 Å². The molecule has 2 aromatic carbocycles. The highest BCUT2D eigenvalue weighted by atomic mass is 79.9. The Bertz CT molecular complexity index is 1090. The Morgan fingerprint density at radius 2 is 2.00 bits per heavy atom. The maximum absolute atomic E-state index is 12.2. The highest BCUT2D eigenvalue weighted by molar-refractivity contribution is 9.11. The first kappa shape index (κ1) is 19.8. The van der Waals surface area contributed by atoms with E-state index in [0.29, 0.717) is 26.0 Å². The molecule has 0 aliphatic carbocycles. The third-order valence-corrected chi connectivity index (χ3v) is 4.66. The number of hydrogen-bond acceptors (Lipinski definition) is 6. The van der Waals surface area contributed by atoms with Crippen molar-refractivity contribution in [3.05, 3.63) is 78.9 Å². The number of nitro benzene ring substituents is 1. The number of benzene rings is 2. The van der Waals surface area contributed by atoms with E-state index in [2.05, 4.69) is 42.4 Å². The van der Waals surface area contributed by atoms with Crippen LogP contribution in [0.3, 0.4) is 0 Å². The van der Waals surface area contributed by atoms with Gasteiger partial charge in [0, 0.05) is 22.2 Å². The average Bonchev–Trinajstić information content (AvgIpc) is 3.13. The van der Waals surface area contributed by atoms with Crippen molar-refractivity contribution in [1.29, 1.82) is 0 Å². The molecule has 0 aliphatic rings. The van der Waals surface area contributed by atoms with Crippen LogP contribution in [0.25, 0.3) is 11.3 Å². The molecule has 142 valence electrons. The van der Waals surface area contributed by atoms with E-state index in [1.54, 1.807) is 30.3 Å². The third kappa shape index (κ3) is 4.46. The Kier molecular flexibility index (Phi) is 5.90. The van der Waals surface area contributed by atoms with Crippen molar-refractivity contribution in [3.8, 4) is 17.1 Å². The van der Waals surface area contributed by atoms with Gasteiger partial charge in [0.2, 0.25) is 0 Å². The van der Waals surface area contributed by atoms with Crippen molar-refractivity contribution in [2.24, 2.45) is 5.10 Å². The van der Waals surface area contributed by atoms with Crippen molar-refractivity contribution < 1.29 is 19.2 Å². The van der Waals surface area contributed by atoms with Gasteiger partial charge in [-0.25, -0.2) is 5.43 Å². The topological polar surface area (TPSA) is 118 Å². The summed E-state index contributed by atoms with van der Waals surface area (Å²) in [5.74, 6) is -0.0606. The standard InChI is InChI=1S/C18H11Br2N3O5/c19-11-7-14(17(24)15(20)8-11)18(25)22-21-9-13-4-5-16(28-13)10-2-1-3-12(6-10)23(26)27/h1-9,24H,(H,22,25). The molecule has 0 bridgehead atoms. The summed E-state index contributed by atoms with van der Waals surface area (Å²) >= 11 is 6.40. The van der Waals surface area contributed by atoms with E-state index in [1.807, 2.05) is 0 Å². The molecule has 0 saturated carbocycles. The van der Waals surface area contributed by atoms with E-state index >= 15 is 0 Å². The van der Waals surface area contributed by atoms with Crippen LogP contribution in [0.5, 0.6) is 5.75 Å². The van der Waals surface area contributed by atoms with Crippen LogP contribution in [-0.4, -0.2) is 22.2 Å². The summed E-state index contributed by atoms with van der Waals surface area (Å²) in [6.45, 7) is 0. The average molecular weight is 509 g/mol. The number of aromatic hydroxyl groups is 1. The first-order valence-corrected chi connectivity index (χ1v) is 9.30. The highest BCUT2D eigenvalue weighted by Crippen LogP contribution is 2.31. The SMILES string of the molecule is O=C(NN=Cc1ccc(-c2cccc([N+](=O)[O-])c2)o1)c1cc(Br)cc(Br)c1O. The maximum Gasteiger partial charge on any atom is 0.275 e. The van der Waals surface area contributed by atoms with Gasteiger partial charge < -0.3 is 9.52 Å². The molecule has 3 aromatic rings. The summed E-state index contributed by atoms with van der Waals surface area (Å²) in [6, 6.07) is 12.3. The first-order chi connectivity index (χ1) is 13.3. The summed E-state index contributed by atoms with van der Waals surface area (Å²) < 4.78 is 6.54. The predicted octanol–water partition coefficient (Wildman–Crippen LogP) is 4.85. The lowest BCUT2D eigenvalue weighted by molar-refractivity contribution is -0.384. The number of hydrogen-bond donors (Lipinski definition) is 2. The monoisotopic (exact) mass is 507 g/mol. The second-order valence-electron chi connectivity index (χ2n) is 5.49. The number of nitrogens with zero attached hydrogens (tertiary/aromatic N) is 2. The summed E-state index contributed by atoms with van der Waals surface area (Å²) in [6.07, 6.45) is 1.28. The van der Waals surface area contributed by atoms with Crippen molar-refractivity contribution in [2.45, 2.75) is 0 Å². The van der Waals surface area contributed by atoms with Gasteiger partial charge in [0.05, 0.1) is 21.2 Å². The summed E-state index contributed by atoms with van der Waals surface area (Å²) in [4.78, 5) is 22.5. The lowest BCUT2D eigenvalue weighted by Crippen LogP contribution is -2.17. The summed E-state index contributed by atoms with van der Waals surface area (Å²) in [5, 5.41) is 24.6. The number of non-ortho nitro benzene ring substituents is 1. The van der Waals surface area contributed by atoms with Gasteiger partial charge >= 0.3 is 0 Å². The zero-order chi connectivity index (χ0) is 20.3. The minimum Gasteiger partial charge on any atom is -0.506 e. The van der Waals surface area contributed by atoms with Gasteiger partial charge in [-0.15, -0.1) is 0 Å². The van der Waals surface area contributed by atoms with Crippen LogP contribution < -0.4 is 5.43 Å². The normalized spacial score (nSPS) is 10.9. The molecule has 1 amide bonds. The van der Waals surface area contributed by atoms with E-state index in [0.717, 1.165) is 0 Å². The van der Waals surface area contributed by atoms with Crippen molar-refractivity contribution in [1.82, 2.24) is 5.43 Å². The molecule has 0 atom stereocenters. The molecule has 0 radical (unpaired) electrons. The number of nitro groups is 1. The van der Waals surface area contributed by atoms with Gasteiger partial charge in [-0.05, 0) is 40.2 Å². The maximum atomic E-state index is 12.2. The van der Waals surface area contributed by atoms with E-state index in [1.165, 1.54) is 24.4 Å². The fourth-order valence-corrected chi connectivity index (χ4v) is 3.53. The molecule has 1 aromatic heterocycles. The quantitative estimate of drug-likeness (QED) is 0.290. The van der Waals surface area contributed by atoms with E-state index in [4.69, 9.17) is 4.42 Å². The number of nitrogens with one attached hydrogen (secondary N) is 1. The smallest absolute Gasteiger partial charge is 0.275 e. The lowest BCUT2D eigenvalue weighted by Gasteiger charge is -2.05. The van der Waals surface area contributed by atoms with E-state index in [9.17, 15) is 20.0 Å². The van der Waals surface area contributed by atoms with E-state index < -0.39 is 10.8 Å². The molecular weight excluding hydrogens is 498 g/mol. The van der Waals surface area contributed by atoms with Crippen LogP contribution >= 0.6 is 31.9 Å². The number of phenols is 1. The number of halogens is 2. The molecule has 2 N–H and O–H groups in total. The fraction of sp³-hybridized carbons (Fsp3) is 0. The molecule has 8 nitrogen and oxygen atoms in total. The minimum atomic E-state index is -0.610. The van der Waals surface area contributed by atoms with Crippen molar-refractivity contribution >= 4 is 49.7 Å². The van der Waals surface area contributed by atoms with Crippen molar-refractivity contribution in [3.63, 3.8) is 0 Å². The third-order valence-electron chi connectivity index (χ3n) is 3.60. The number of rotatable bonds is 5. The van der Waals surface area contributed by atoms with Gasteiger partial charge in [-0.3, -0.25) is 14.9 Å². The van der Waals surface area contributed by atoms with Gasteiger partial charge in [0.1, 0.15) is 17.3 Å². The molecule has 0 spiro atoms.